The number of rotatable bonds is 9. The first-order chi connectivity index (χ1) is 17.6. The standard InChI is InChI=1S/C25H30ClN3O7Si/c1-37(2,3)9-8-33-13-29-23-17(27-25(29)36-19-12-35-21-18(30)11-34-22(19)21)10-16(26)20(28-23)14-4-6-15(7-5-14)24(31)32/h4-7,10,18-19,21-22,30H,8-9,11-13H2,1-3H3,(H,31,32)/q-1/t18-,19?,21-,22-/m1/s1. The number of aliphatic hydroxyl groups excluding tert-OH is 1. The molecule has 5 rings (SSSR count). The van der Waals surface area contributed by atoms with Crippen LogP contribution in [-0.2, 0) is 20.9 Å². The number of carboxylic acids is 1. The van der Waals surface area contributed by atoms with E-state index in [1.165, 1.54) is 12.1 Å². The minimum Gasteiger partial charge on any atom is -0.478 e. The SMILES string of the molecule is C[Si-](C)(C)CCOCn1c(OC2CO[C@@H]3[C@H](O)CO[C@H]23)nc2cc(Cl)c(-c3ccc(C(=O)O)cc3)nc21. The molecule has 0 radical (unpaired) electrons. The molecule has 0 spiro atoms. The number of benzene rings is 1. The van der Waals surface area contributed by atoms with Crippen LogP contribution in [0.15, 0.2) is 30.3 Å². The topological polar surface area (TPSA) is 125 Å². The van der Waals surface area contributed by atoms with Crippen LogP contribution < -0.4 is 4.74 Å². The Morgan fingerprint density at radius 1 is 1.16 bits per heavy atom. The van der Waals surface area contributed by atoms with Crippen molar-refractivity contribution in [2.45, 2.75) is 56.8 Å². The maximum absolute atomic E-state index is 11.2. The normalized spacial score (nSPS) is 23.5. The van der Waals surface area contributed by atoms with Crippen molar-refractivity contribution in [3.05, 3.63) is 40.9 Å². The fourth-order valence-electron chi connectivity index (χ4n) is 4.40. The number of imidazole rings is 1. The van der Waals surface area contributed by atoms with Gasteiger partial charge in [-0.1, -0.05) is 23.7 Å². The fourth-order valence-corrected chi connectivity index (χ4v) is 5.41. The minimum atomic E-state index is -1.28. The van der Waals surface area contributed by atoms with Crippen molar-refractivity contribution in [3.8, 4) is 17.3 Å². The first-order valence-electron chi connectivity index (χ1n) is 12.2. The monoisotopic (exact) mass is 547 g/mol. The van der Waals surface area contributed by atoms with Gasteiger partial charge in [-0.25, -0.2) is 9.78 Å². The predicted molar refractivity (Wildman–Crippen MR) is 139 cm³/mol. The van der Waals surface area contributed by atoms with E-state index in [1.807, 2.05) is 0 Å². The number of pyridine rings is 1. The molecule has 4 heterocycles. The summed E-state index contributed by atoms with van der Waals surface area (Å²) in [6, 6.07) is 9.37. The van der Waals surface area contributed by atoms with Crippen molar-refractivity contribution >= 4 is 36.8 Å². The van der Waals surface area contributed by atoms with Crippen LogP contribution in [-0.4, -0.2) is 83.0 Å². The van der Waals surface area contributed by atoms with Crippen LogP contribution in [0.5, 0.6) is 6.01 Å². The Kier molecular flexibility index (Phi) is 7.27. The van der Waals surface area contributed by atoms with E-state index in [1.54, 1.807) is 22.8 Å². The minimum absolute atomic E-state index is 0.174. The van der Waals surface area contributed by atoms with Gasteiger partial charge in [-0.15, -0.1) is 14.1 Å². The maximum atomic E-state index is 11.2. The summed E-state index contributed by atoms with van der Waals surface area (Å²) in [6.45, 7) is 8.10. The van der Waals surface area contributed by atoms with Crippen LogP contribution in [0.2, 0.25) is 30.7 Å². The largest absolute Gasteiger partial charge is 0.478 e. The quantitative estimate of drug-likeness (QED) is 0.305. The Bertz CT molecular complexity index is 1290. The lowest BCUT2D eigenvalue weighted by Gasteiger charge is -2.26. The summed E-state index contributed by atoms with van der Waals surface area (Å²) in [5.41, 5.74) is 2.39. The number of carboxylic acid groups (broad SMARTS) is 1. The molecule has 4 atom stereocenters. The number of fused-ring (bicyclic) bond motifs is 2. The molecular formula is C25H30ClN3O7Si-. The highest BCUT2D eigenvalue weighted by atomic mass is 35.5. The molecule has 199 valence electrons. The Balaban J connectivity index is 1.48. The molecule has 2 fully saturated rings. The number of aromatic carboxylic acids is 1. The Hall–Kier alpha value is -2.54. The molecule has 2 aliphatic rings. The number of aromatic nitrogens is 3. The van der Waals surface area contributed by atoms with E-state index in [4.69, 9.17) is 35.5 Å². The number of halogens is 1. The number of carbonyl (C=O) groups is 1. The van der Waals surface area contributed by atoms with Gasteiger partial charge in [0.2, 0.25) is 0 Å². The van der Waals surface area contributed by atoms with Crippen LogP contribution in [0, 0.1) is 0 Å². The highest BCUT2D eigenvalue weighted by molar-refractivity contribution is 6.76. The van der Waals surface area contributed by atoms with E-state index in [9.17, 15) is 15.0 Å². The summed E-state index contributed by atoms with van der Waals surface area (Å²) in [7, 11) is -1.28. The highest BCUT2D eigenvalue weighted by Crippen LogP contribution is 2.34. The van der Waals surface area contributed by atoms with Crippen molar-refractivity contribution in [3.63, 3.8) is 0 Å². The highest BCUT2D eigenvalue weighted by Gasteiger charge is 2.48. The Morgan fingerprint density at radius 3 is 2.59 bits per heavy atom. The fraction of sp³-hybridized carbons (Fsp3) is 0.480. The smallest absolute Gasteiger partial charge is 0.335 e. The Labute approximate surface area is 220 Å². The lowest BCUT2D eigenvalue weighted by Crippen LogP contribution is -2.35. The Morgan fingerprint density at radius 2 is 1.89 bits per heavy atom. The molecule has 2 saturated heterocycles. The summed E-state index contributed by atoms with van der Waals surface area (Å²) < 4.78 is 25.4. The number of hydrogen-bond donors (Lipinski definition) is 2. The zero-order valence-corrected chi connectivity index (χ0v) is 22.6. The van der Waals surface area contributed by atoms with Gasteiger partial charge in [-0.05, 0) is 18.2 Å². The van der Waals surface area contributed by atoms with E-state index in [0.29, 0.717) is 40.1 Å². The van der Waals surface area contributed by atoms with Gasteiger partial charge in [0.05, 0.1) is 29.5 Å². The first kappa shape index (κ1) is 26.1. The molecule has 0 bridgehead atoms. The second kappa shape index (κ2) is 10.3. The molecule has 10 nitrogen and oxygen atoms in total. The molecule has 0 saturated carbocycles. The molecule has 3 aromatic rings. The van der Waals surface area contributed by atoms with E-state index in [2.05, 4.69) is 24.6 Å². The van der Waals surface area contributed by atoms with Crippen LogP contribution in [0.4, 0.5) is 0 Å². The summed E-state index contributed by atoms with van der Waals surface area (Å²) in [5, 5.41) is 19.7. The van der Waals surface area contributed by atoms with Crippen LogP contribution in [0.1, 0.15) is 10.4 Å². The third-order valence-corrected chi connectivity index (χ3v) is 8.49. The summed E-state index contributed by atoms with van der Waals surface area (Å²) in [6.07, 6.45) is -1.95. The van der Waals surface area contributed by atoms with Crippen molar-refractivity contribution in [2.75, 3.05) is 19.8 Å². The molecule has 2 aliphatic heterocycles. The molecule has 0 aliphatic carbocycles. The molecule has 1 unspecified atom stereocenters. The van der Waals surface area contributed by atoms with E-state index in [-0.39, 0.29) is 25.5 Å². The molecule has 2 N–H and O–H groups in total. The second-order valence-corrected chi connectivity index (χ2v) is 16.6. The van der Waals surface area contributed by atoms with Crippen molar-refractivity contribution < 1.29 is 34.0 Å². The predicted octanol–water partition coefficient (Wildman–Crippen LogP) is 3.67. The first-order valence-corrected chi connectivity index (χ1v) is 16.3. The zero-order valence-electron chi connectivity index (χ0n) is 20.9. The van der Waals surface area contributed by atoms with E-state index in [0.717, 1.165) is 6.04 Å². The van der Waals surface area contributed by atoms with Gasteiger partial charge in [-0.3, -0.25) is 4.57 Å². The lowest BCUT2D eigenvalue weighted by atomic mass is 10.1. The number of ether oxygens (including phenoxy) is 4. The average Bonchev–Trinajstić information content (AvgIpc) is 3.51. The van der Waals surface area contributed by atoms with Crippen LogP contribution in [0.25, 0.3) is 22.4 Å². The average molecular weight is 548 g/mol. The second-order valence-electron chi connectivity index (χ2n) is 10.5. The van der Waals surface area contributed by atoms with Crippen LogP contribution >= 0.6 is 11.6 Å². The molecule has 37 heavy (non-hydrogen) atoms. The third-order valence-electron chi connectivity index (χ3n) is 6.50. The third kappa shape index (κ3) is 5.52. The van der Waals surface area contributed by atoms with Gasteiger partial charge < -0.3 is 29.2 Å². The maximum Gasteiger partial charge on any atom is 0.335 e. The van der Waals surface area contributed by atoms with E-state index < -0.39 is 38.5 Å². The molecular weight excluding hydrogens is 518 g/mol. The summed E-state index contributed by atoms with van der Waals surface area (Å²) >= 11 is 6.57. The lowest BCUT2D eigenvalue weighted by molar-refractivity contribution is 0.00336. The summed E-state index contributed by atoms with van der Waals surface area (Å²) in [4.78, 5) is 20.7. The van der Waals surface area contributed by atoms with Crippen molar-refractivity contribution in [2.24, 2.45) is 0 Å². The van der Waals surface area contributed by atoms with Crippen molar-refractivity contribution in [1.29, 1.82) is 0 Å². The van der Waals surface area contributed by atoms with Gasteiger partial charge in [0, 0.05) is 12.2 Å². The number of hydrogen-bond acceptors (Lipinski definition) is 8. The number of aliphatic hydroxyl groups is 1. The van der Waals surface area contributed by atoms with Gasteiger partial charge >= 0.3 is 12.0 Å². The van der Waals surface area contributed by atoms with Crippen molar-refractivity contribution in [1.82, 2.24) is 14.5 Å². The molecule has 1 aromatic carbocycles. The van der Waals surface area contributed by atoms with Gasteiger partial charge in [-0.2, -0.15) is 24.6 Å². The molecule has 12 heteroatoms. The molecule has 2 aromatic heterocycles. The summed E-state index contributed by atoms with van der Waals surface area (Å²) in [5.74, 6) is -1.01. The zero-order chi connectivity index (χ0) is 26.3. The molecule has 0 amide bonds. The number of nitrogens with zero attached hydrogens (tertiary/aromatic N) is 3. The van der Waals surface area contributed by atoms with Crippen LogP contribution in [0.3, 0.4) is 0 Å². The van der Waals surface area contributed by atoms with Gasteiger partial charge in [0.15, 0.2) is 11.8 Å². The van der Waals surface area contributed by atoms with E-state index >= 15 is 0 Å². The van der Waals surface area contributed by atoms with Gasteiger partial charge in [0.25, 0.3) is 0 Å². The van der Waals surface area contributed by atoms with Gasteiger partial charge in [0.1, 0.15) is 30.6 Å².